The monoisotopic (exact) mass is 249 g/mol. The van der Waals surface area contributed by atoms with Gasteiger partial charge in [0.25, 0.3) is 0 Å². The van der Waals surface area contributed by atoms with Crippen LogP contribution >= 0.6 is 0 Å². The van der Waals surface area contributed by atoms with Crippen molar-refractivity contribution >= 4 is 11.6 Å². The lowest BCUT2D eigenvalue weighted by Crippen LogP contribution is -2.35. The Bertz CT molecular complexity index is 371. The molecule has 0 aliphatic heterocycles. The summed E-state index contributed by atoms with van der Waals surface area (Å²) in [4.78, 5) is 10.5. The summed E-state index contributed by atoms with van der Waals surface area (Å²) in [5, 5.41) is 6.87. The summed E-state index contributed by atoms with van der Waals surface area (Å²) in [6.45, 7) is 0. The molecule has 0 radical (unpaired) electrons. The highest BCUT2D eigenvalue weighted by Crippen LogP contribution is 2.22. The van der Waals surface area contributed by atoms with E-state index in [4.69, 9.17) is 0 Å². The molecule has 0 unspecified atom stereocenters. The zero-order chi connectivity index (χ0) is 13.0. The highest BCUT2D eigenvalue weighted by molar-refractivity contribution is 5.47. The van der Waals surface area contributed by atoms with Crippen molar-refractivity contribution in [1.82, 2.24) is 15.3 Å². The van der Waals surface area contributed by atoms with E-state index in [-0.39, 0.29) is 0 Å². The molecule has 2 N–H and O–H groups in total. The molecule has 0 bridgehead atoms. The van der Waals surface area contributed by atoms with E-state index in [0.29, 0.717) is 12.1 Å². The molecule has 0 spiro atoms. The molecule has 5 nitrogen and oxygen atoms in total. The van der Waals surface area contributed by atoms with Crippen LogP contribution in [0.4, 0.5) is 11.6 Å². The van der Waals surface area contributed by atoms with Gasteiger partial charge in [0.05, 0.1) is 0 Å². The second-order valence-corrected chi connectivity index (χ2v) is 5.14. The average Bonchev–Trinajstić information content (AvgIpc) is 2.40. The van der Waals surface area contributed by atoms with Crippen LogP contribution in [0.2, 0.25) is 0 Å². The minimum atomic E-state index is 0.541. The predicted molar refractivity (Wildman–Crippen MR) is 75.1 cm³/mol. The second kappa shape index (κ2) is 6.00. The molecule has 0 aromatic carbocycles. The van der Waals surface area contributed by atoms with Crippen LogP contribution in [-0.4, -0.2) is 43.2 Å². The third-order valence-electron chi connectivity index (χ3n) is 3.60. The summed E-state index contributed by atoms with van der Waals surface area (Å²) in [5.41, 5.74) is 0. The van der Waals surface area contributed by atoms with E-state index in [9.17, 15) is 0 Å². The van der Waals surface area contributed by atoms with Gasteiger partial charge in [-0.1, -0.05) is 0 Å². The summed E-state index contributed by atoms with van der Waals surface area (Å²) in [6.07, 6.45) is 6.50. The number of hydrogen-bond donors (Lipinski definition) is 2. The Labute approximate surface area is 109 Å². The molecule has 5 heteroatoms. The maximum atomic E-state index is 4.29. The van der Waals surface area contributed by atoms with Gasteiger partial charge in [-0.3, -0.25) is 0 Å². The number of aromatic nitrogens is 2. The van der Waals surface area contributed by atoms with Crippen molar-refractivity contribution in [2.75, 3.05) is 31.4 Å². The van der Waals surface area contributed by atoms with Gasteiger partial charge in [-0.2, -0.15) is 0 Å². The highest BCUT2D eigenvalue weighted by Gasteiger charge is 2.20. The Morgan fingerprint density at radius 1 is 1.11 bits per heavy atom. The fraction of sp³-hybridized carbons (Fsp3) is 0.692. The van der Waals surface area contributed by atoms with Gasteiger partial charge in [0.1, 0.15) is 18.0 Å². The fourth-order valence-electron chi connectivity index (χ4n) is 2.41. The van der Waals surface area contributed by atoms with Gasteiger partial charge in [-0.25, -0.2) is 9.97 Å². The zero-order valence-corrected chi connectivity index (χ0v) is 11.5. The first-order chi connectivity index (χ1) is 8.69. The lowest BCUT2D eigenvalue weighted by atomic mass is 9.91. The average molecular weight is 249 g/mol. The topological polar surface area (TPSA) is 53.1 Å². The molecular formula is C13H23N5. The van der Waals surface area contributed by atoms with E-state index in [1.165, 1.54) is 25.7 Å². The molecular weight excluding hydrogens is 226 g/mol. The largest absolute Gasteiger partial charge is 0.367 e. The molecule has 0 atom stereocenters. The standard InChI is InChI=1S/C13H23N5/c1-14-10-4-6-11(7-5-10)17-12-8-13(18(2)3)16-9-15-12/h8-11,14H,4-7H2,1-3H3,(H,15,16,17). The molecule has 1 fully saturated rings. The Hall–Kier alpha value is -1.36. The molecule has 1 aromatic rings. The van der Waals surface area contributed by atoms with E-state index < -0.39 is 0 Å². The first kappa shape index (κ1) is 13.1. The van der Waals surface area contributed by atoms with Crippen LogP contribution in [0.5, 0.6) is 0 Å². The van der Waals surface area contributed by atoms with Gasteiger partial charge in [-0.05, 0) is 32.7 Å². The van der Waals surface area contributed by atoms with E-state index in [0.717, 1.165) is 11.6 Å². The third-order valence-corrected chi connectivity index (χ3v) is 3.60. The van der Waals surface area contributed by atoms with Crippen LogP contribution in [0.25, 0.3) is 0 Å². The van der Waals surface area contributed by atoms with Crippen molar-refractivity contribution in [3.8, 4) is 0 Å². The van der Waals surface area contributed by atoms with Gasteiger partial charge in [-0.15, -0.1) is 0 Å². The summed E-state index contributed by atoms with van der Waals surface area (Å²) in [5.74, 6) is 1.87. The first-order valence-electron chi connectivity index (χ1n) is 6.62. The van der Waals surface area contributed by atoms with Crippen LogP contribution in [0.1, 0.15) is 25.7 Å². The smallest absolute Gasteiger partial charge is 0.133 e. The van der Waals surface area contributed by atoms with Crippen LogP contribution in [0.15, 0.2) is 12.4 Å². The number of rotatable bonds is 4. The maximum absolute atomic E-state index is 4.29. The van der Waals surface area contributed by atoms with Crippen LogP contribution in [0, 0.1) is 0 Å². The normalized spacial score (nSPS) is 23.7. The summed E-state index contributed by atoms with van der Waals surface area (Å²) in [6, 6.07) is 3.23. The Morgan fingerprint density at radius 3 is 2.39 bits per heavy atom. The van der Waals surface area contributed by atoms with Gasteiger partial charge in [0.15, 0.2) is 0 Å². The van der Waals surface area contributed by atoms with Crippen LogP contribution < -0.4 is 15.5 Å². The fourth-order valence-corrected chi connectivity index (χ4v) is 2.41. The number of nitrogens with zero attached hydrogens (tertiary/aromatic N) is 3. The van der Waals surface area contributed by atoms with Crippen molar-refractivity contribution in [3.05, 3.63) is 12.4 Å². The van der Waals surface area contributed by atoms with Gasteiger partial charge in [0.2, 0.25) is 0 Å². The Morgan fingerprint density at radius 2 is 1.78 bits per heavy atom. The lowest BCUT2D eigenvalue weighted by molar-refractivity contribution is 0.371. The number of nitrogens with one attached hydrogen (secondary N) is 2. The summed E-state index contributed by atoms with van der Waals surface area (Å²) in [7, 11) is 6.03. The molecule has 1 aliphatic rings. The highest BCUT2D eigenvalue weighted by atomic mass is 15.2. The van der Waals surface area contributed by atoms with Gasteiger partial charge in [0, 0.05) is 32.2 Å². The predicted octanol–water partition coefficient (Wildman–Crippen LogP) is 1.49. The quantitative estimate of drug-likeness (QED) is 0.846. The molecule has 18 heavy (non-hydrogen) atoms. The molecule has 1 aliphatic carbocycles. The number of anilines is 2. The first-order valence-corrected chi connectivity index (χ1v) is 6.62. The van der Waals surface area contributed by atoms with Crippen molar-refractivity contribution in [2.45, 2.75) is 37.8 Å². The van der Waals surface area contributed by atoms with Crippen molar-refractivity contribution in [1.29, 1.82) is 0 Å². The molecule has 0 amide bonds. The van der Waals surface area contributed by atoms with Crippen molar-refractivity contribution in [2.24, 2.45) is 0 Å². The Balaban J connectivity index is 1.92. The maximum Gasteiger partial charge on any atom is 0.133 e. The SMILES string of the molecule is CNC1CCC(Nc2cc(N(C)C)ncn2)CC1. The number of hydrogen-bond acceptors (Lipinski definition) is 5. The van der Waals surface area contributed by atoms with E-state index in [2.05, 4.69) is 20.6 Å². The van der Waals surface area contributed by atoms with Gasteiger partial charge >= 0.3 is 0 Å². The van der Waals surface area contributed by atoms with Crippen molar-refractivity contribution in [3.63, 3.8) is 0 Å². The van der Waals surface area contributed by atoms with Crippen molar-refractivity contribution < 1.29 is 0 Å². The molecule has 1 saturated carbocycles. The minimum absolute atomic E-state index is 0.541. The van der Waals surface area contributed by atoms with E-state index >= 15 is 0 Å². The van der Waals surface area contributed by atoms with Crippen LogP contribution in [0.3, 0.4) is 0 Å². The molecule has 1 heterocycles. The second-order valence-electron chi connectivity index (χ2n) is 5.14. The minimum Gasteiger partial charge on any atom is -0.367 e. The summed E-state index contributed by atoms with van der Waals surface area (Å²) >= 11 is 0. The lowest BCUT2D eigenvalue weighted by Gasteiger charge is -2.29. The summed E-state index contributed by atoms with van der Waals surface area (Å²) < 4.78 is 0. The van der Waals surface area contributed by atoms with Crippen LogP contribution in [-0.2, 0) is 0 Å². The molecule has 1 aromatic heterocycles. The molecule has 2 rings (SSSR count). The third kappa shape index (κ3) is 3.32. The van der Waals surface area contributed by atoms with E-state index in [1.807, 2.05) is 32.1 Å². The van der Waals surface area contributed by atoms with E-state index in [1.54, 1.807) is 6.33 Å². The molecule has 0 saturated heterocycles. The van der Waals surface area contributed by atoms with Gasteiger partial charge < -0.3 is 15.5 Å². The zero-order valence-electron chi connectivity index (χ0n) is 11.5. The Kier molecular flexibility index (Phi) is 4.36. The molecule has 100 valence electrons.